The van der Waals surface area contributed by atoms with E-state index in [9.17, 15) is 22.8 Å². The number of amides is 1. The van der Waals surface area contributed by atoms with E-state index in [0.29, 0.717) is 24.5 Å². The Balaban J connectivity index is 1.58. The van der Waals surface area contributed by atoms with E-state index < -0.39 is 17.3 Å². The molecule has 11 heteroatoms. The second-order valence-electron chi connectivity index (χ2n) is 7.78. The Kier molecular flexibility index (Phi) is 8.10. The molecule has 0 saturated heterocycles. The number of carbonyl (C=O) groups excluding carboxylic acids is 1. The van der Waals surface area contributed by atoms with Gasteiger partial charge in [-0.3, -0.25) is 9.59 Å². The number of hydrogen-bond acceptors (Lipinski definition) is 6. The van der Waals surface area contributed by atoms with Crippen LogP contribution in [0.15, 0.2) is 47.3 Å². The number of H-pyrrole nitrogens is 1. The third-order valence-corrected chi connectivity index (χ3v) is 5.41. The molecule has 3 rings (SSSR count). The molecule has 1 aromatic heterocycles. The molecule has 0 saturated carbocycles. The zero-order valence-corrected chi connectivity index (χ0v) is 19.5. The van der Waals surface area contributed by atoms with E-state index in [1.807, 2.05) is 12.1 Å². The fourth-order valence-electron chi connectivity index (χ4n) is 3.37. The van der Waals surface area contributed by atoms with E-state index in [-0.39, 0.29) is 35.8 Å². The maximum Gasteiger partial charge on any atom is 0.416 e. The summed E-state index contributed by atoms with van der Waals surface area (Å²) in [6, 6.07) is 9.96. The highest BCUT2D eigenvalue weighted by molar-refractivity contribution is 5.76. The first kappa shape index (κ1) is 25.7. The Morgan fingerprint density at radius 2 is 1.77 bits per heavy atom. The maximum absolute atomic E-state index is 12.9. The number of nitrogens with one attached hydrogen (secondary N) is 1. The molecule has 186 valence electrons. The molecule has 8 nitrogen and oxygen atoms in total. The Morgan fingerprint density at radius 3 is 2.43 bits per heavy atom. The average Bonchev–Trinajstić information content (AvgIpc) is 2.85. The van der Waals surface area contributed by atoms with Crippen LogP contribution in [0, 0.1) is 0 Å². The van der Waals surface area contributed by atoms with Gasteiger partial charge in [-0.15, -0.1) is 10.2 Å². The number of carbonyl (C=O) groups is 1. The monoisotopic (exact) mass is 490 g/mol. The number of methoxy groups -OCH3 is 2. The lowest BCUT2D eigenvalue weighted by Crippen LogP contribution is -2.30. The summed E-state index contributed by atoms with van der Waals surface area (Å²) in [6.07, 6.45) is -3.85. The van der Waals surface area contributed by atoms with Gasteiger partial charge in [0.25, 0.3) is 5.56 Å². The maximum atomic E-state index is 12.9. The first-order valence-electron chi connectivity index (χ1n) is 10.7. The van der Waals surface area contributed by atoms with Crippen LogP contribution in [-0.4, -0.2) is 53.8 Å². The van der Waals surface area contributed by atoms with Gasteiger partial charge in [-0.05, 0) is 36.2 Å². The molecule has 0 fully saturated rings. The summed E-state index contributed by atoms with van der Waals surface area (Å²) in [5, 5.41) is 7.68. The van der Waals surface area contributed by atoms with Gasteiger partial charge in [-0.1, -0.05) is 18.2 Å². The number of benzene rings is 2. The quantitative estimate of drug-likeness (QED) is 0.493. The third-order valence-electron chi connectivity index (χ3n) is 5.41. The number of likely N-dealkylation sites (N-methyl/N-ethyl adjacent to an activating group) is 1. The molecule has 0 unspecified atom stereocenters. The molecule has 0 atom stereocenters. The van der Waals surface area contributed by atoms with Crippen LogP contribution in [0.1, 0.15) is 23.2 Å². The second-order valence-corrected chi connectivity index (χ2v) is 7.78. The molecular formula is C24H25F3N4O4. The highest BCUT2D eigenvalue weighted by atomic mass is 19.4. The first-order chi connectivity index (χ1) is 16.6. The van der Waals surface area contributed by atoms with Crippen molar-refractivity contribution in [1.82, 2.24) is 20.1 Å². The molecule has 35 heavy (non-hydrogen) atoms. The summed E-state index contributed by atoms with van der Waals surface area (Å²) in [5.41, 5.74) is -0.379. The lowest BCUT2D eigenvalue weighted by atomic mass is 10.1. The molecule has 2 aromatic carbocycles. The standard InChI is InChI=1S/C24H25F3N4O4/c1-31(12-11-15-7-9-19(34-2)20(13-15)35-3)21(32)10-8-18-23(33)28-22(30-29-18)16-5-4-6-17(14-16)24(25,26)27/h4-7,9,13-14H,8,10-12H2,1-3H3,(H,28,30,33). The number of halogens is 3. The topological polar surface area (TPSA) is 97.4 Å². The predicted molar refractivity (Wildman–Crippen MR) is 122 cm³/mol. The van der Waals surface area contributed by atoms with Crippen molar-refractivity contribution in [3.8, 4) is 22.9 Å². The highest BCUT2D eigenvalue weighted by Gasteiger charge is 2.30. The largest absolute Gasteiger partial charge is 0.493 e. The SMILES string of the molecule is COc1ccc(CCN(C)C(=O)CCc2nnc(-c3cccc(C(F)(F)F)c3)[nH]c2=O)cc1OC. The van der Waals surface area contributed by atoms with Crippen LogP contribution in [0.4, 0.5) is 13.2 Å². The van der Waals surface area contributed by atoms with Crippen molar-refractivity contribution in [3.05, 3.63) is 69.6 Å². The highest BCUT2D eigenvalue weighted by Crippen LogP contribution is 2.31. The fourth-order valence-corrected chi connectivity index (χ4v) is 3.37. The lowest BCUT2D eigenvalue weighted by Gasteiger charge is -2.17. The van der Waals surface area contributed by atoms with E-state index >= 15 is 0 Å². The molecule has 0 bridgehead atoms. The van der Waals surface area contributed by atoms with Crippen LogP contribution in [0.5, 0.6) is 11.5 Å². The van der Waals surface area contributed by atoms with Gasteiger partial charge in [0.05, 0.1) is 19.8 Å². The van der Waals surface area contributed by atoms with Crippen molar-refractivity contribution in [1.29, 1.82) is 0 Å². The molecule has 1 heterocycles. The van der Waals surface area contributed by atoms with Gasteiger partial charge >= 0.3 is 6.18 Å². The summed E-state index contributed by atoms with van der Waals surface area (Å²) < 4.78 is 49.3. The second kappa shape index (κ2) is 11.0. The number of ether oxygens (including phenoxy) is 2. The summed E-state index contributed by atoms with van der Waals surface area (Å²) in [5.74, 6) is 0.952. The molecule has 3 aromatic rings. The molecule has 0 radical (unpaired) electrons. The Labute approximate surface area is 199 Å². The van der Waals surface area contributed by atoms with Crippen molar-refractivity contribution in [3.63, 3.8) is 0 Å². The molecule has 0 aliphatic rings. The van der Waals surface area contributed by atoms with Gasteiger partial charge in [0.1, 0.15) is 5.69 Å². The number of alkyl halides is 3. The third kappa shape index (κ3) is 6.58. The minimum absolute atomic E-state index is 0.0300. The van der Waals surface area contributed by atoms with Gasteiger partial charge in [0.2, 0.25) is 5.91 Å². The Bertz CT molecular complexity index is 1240. The van der Waals surface area contributed by atoms with Crippen molar-refractivity contribution in [2.24, 2.45) is 0 Å². The number of nitrogens with zero attached hydrogens (tertiary/aromatic N) is 3. The van der Waals surface area contributed by atoms with Crippen molar-refractivity contribution in [2.45, 2.75) is 25.4 Å². The van der Waals surface area contributed by atoms with Crippen LogP contribution >= 0.6 is 0 Å². The van der Waals surface area contributed by atoms with E-state index in [1.165, 1.54) is 12.1 Å². The van der Waals surface area contributed by atoms with Gasteiger partial charge in [-0.2, -0.15) is 13.2 Å². The summed E-state index contributed by atoms with van der Waals surface area (Å²) in [4.78, 5) is 28.9. The van der Waals surface area contributed by atoms with Crippen molar-refractivity contribution < 1.29 is 27.4 Å². The smallest absolute Gasteiger partial charge is 0.416 e. The Hall–Kier alpha value is -3.89. The normalized spacial score (nSPS) is 11.3. The van der Waals surface area contributed by atoms with Crippen molar-refractivity contribution in [2.75, 3.05) is 27.8 Å². The van der Waals surface area contributed by atoms with E-state index in [4.69, 9.17) is 9.47 Å². The average molecular weight is 490 g/mol. The Morgan fingerprint density at radius 1 is 1.03 bits per heavy atom. The van der Waals surface area contributed by atoms with Crippen LogP contribution in [0.3, 0.4) is 0 Å². The zero-order valence-electron chi connectivity index (χ0n) is 19.5. The van der Waals surface area contributed by atoms with Gasteiger partial charge < -0.3 is 19.4 Å². The van der Waals surface area contributed by atoms with Crippen LogP contribution < -0.4 is 15.0 Å². The van der Waals surface area contributed by atoms with Crippen LogP contribution in [0.2, 0.25) is 0 Å². The summed E-state index contributed by atoms with van der Waals surface area (Å²) in [7, 11) is 4.77. The number of rotatable bonds is 9. The molecule has 0 spiro atoms. The predicted octanol–water partition coefficient (Wildman–Crippen LogP) is 3.50. The fraction of sp³-hybridized carbons (Fsp3) is 0.333. The van der Waals surface area contributed by atoms with Crippen molar-refractivity contribution >= 4 is 5.91 Å². The minimum atomic E-state index is -4.52. The molecule has 1 N–H and O–H groups in total. The van der Waals surface area contributed by atoms with Crippen LogP contribution in [0.25, 0.3) is 11.4 Å². The first-order valence-corrected chi connectivity index (χ1v) is 10.7. The van der Waals surface area contributed by atoms with E-state index in [1.54, 1.807) is 32.2 Å². The van der Waals surface area contributed by atoms with E-state index in [2.05, 4.69) is 15.2 Å². The van der Waals surface area contributed by atoms with Crippen LogP contribution in [-0.2, 0) is 23.8 Å². The van der Waals surface area contributed by atoms with E-state index in [0.717, 1.165) is 17.7 Å². The molecular weight excluding hydrogens is 465 g/mol. The van der Waals surface area contributed by atoms with Gasteiger partial charge in [0, 0.05) is 32.0 Å². The summed E-state index contributed by atoms with van der Waals surface area (Å²) in [6.45, 7) is 0.449. The zero-order chi connectivity index (χ0) is 25.6. The number of aromatic amines is 1. The number of hydrogen-bond donors (Lipinski definition) is 1. The molecule has 0 aliphatic heterocycles. The molecule has 0 aliphatic carbocycles. The molecule has 1 amide bonds. The van der Waals surface area contributed by atoms with Gasteiger partial charge in [-0.25, -0.2) is 0 Å². The van der Waals surface area contributed by atoms with Gasteiger partial charge in [0.15, 0.2) is 17.3 Å². The lowest BCUT2D eigenvalue weighted by molar-refractivity contribution is -0.137. The minimum Gasteiger partial charge on any atom is -0.493 e. The number of aromatic nitrogens is 3. The summed E-state index contributed by atoms with van der Waals surface area (Å²) >= 11 is 0. The number of aryl methyl sites for hydroxylation is 1.